The van der Waals surface area contributed by atoms with Crippen LogP contribution in [-0.4, -0.2) is 53.8 Å². The zero-order valence-electron chi connectivity index (χ0n) is 12.4. The van der Waals surface area contributed by atoms with E-state index in [1.54, 1.807) is 6.92 Å². The van der Waals surface area contributed by atoms with Gasteiger partial charge in [0.05, 0.1) is 13.2 Å². The van der Waals surface area contributed by atoms with Crippen LogP contribution < -0.4 is 22.3 Å². The Kier molecular flexibility index (Phi) is 5.40. The maximum atomic E-state index is 11.8. The third kappa shape index (κ3) is 3.85. The summed E-state index contributed by atoms with van der Waals surface area (Å²) in [6.07, 6.45) is 0.893. The van der Waals surface area contributed by atoms with E-state index in [2.05, 4.69) is 15.2 Å². The predicted molar refractivity (Wildman–Crippen MR) is 81.8 cm³/mol. The van der Waals surface area contributed by atoms with Gasteiger partial charge in [-0.2, -0.15) is 0 Å². The zero-order chi connectivity index (χ0) is 15.2. The molecular formula is C13H23N5O3. The van der Waals surface area contributed by atoms with E-state index in [4.69, 9.17) is 10.5 Å². The van der Waals surface area contributed by atoms with Crippen molar-refractivity contribution in [2.24, 2.45) is 0 Å². The Hall–Kier alpha value is -1.80. The predicted octanol–water partition coefficient (Wildman–Crippen LogP) is -0.727. The first kappa shape index (κ1) is 15.6. The highest BCUT2D eigenvalue weighted by Gasteiger charge is 2.12. The molecule has 0 aromatic carbocycles. The van der Waals surface area contributed by atoms with Gasteiger partial charge in [0.25, 0.3) is 5.56 Å². The van der Waals surface area contributed by atoms with Gasteiger partial charge in [0.1, 0.15) is 11.5 Å². The van der Waals surface area contributed by atoms with E-state index >= 15 is 0 Å². The zero-order valence-corrected chi connectivity index (χ0v) is 12.4. The molecule has 118 valence electrons. The molecule has 0 atom stereocenters. The van der Waals surface area contributed by atoms with Gasteiger partial charge in [0, 0.05) is 26.2 Å². The molecule has 1 aromatic rings. The monoisotopic (exact) mass is 297 g/mol. The first-order chi connectivity index (χ1) is 10.1. The van der Waals surface area contributed by atoms with Gasteiger partial charge in [-0.15, -0.1) is 0 Å². The average molecular weight is 297 g/mol. The number of rotatable bonds is 6. The number of aromatic amines is 1. The lowest BCUT2D eigenvalue weighted by Gasteiger charge is -2.26. The number of nitrogens with two attached hydrogens (primary N) is 1. The highest BCUT2D eigenvalue weighted by molar-refractivity contribution is 5.60. The number of hydrogen-bond donors (Lipinski definition) is 3. The van der Waals surface area contributed by atoms with Crippen LogP contribution in [0.3, 0.4) is 0 Å². The van der Waals surface area contributed by atoms with Crippen LogP contribution in [0.4, 0.5) is 11.5 Å². The van der Waals surface area contributed by atoms with Crippen LogP contribution in [-0.2, 0) is 11.3 Å². The number of morpholine rings is 1. The van der Waals surface area contributed by atoms with Crippen molar-refractivity contribution < 1.29 is 4.74 Å². The number of aromatic nitrogens is 2. The van der Waals surface area contributed by atoms with Crippen molar-refractivity contribution in [2.75, 3.05) is 50.4 Å². The Morgan fingerprint density at radius 1 is 1.33 bits per heavy atom. The van der Waals surface area contributed by atoms with Crippen molar-refractivity contribution in [3.05, 3.63) is 20.8 Å². The number of nitrogen functional groups attached to an aromatic ring is 1. The second-order valence-corrected chi connectivity index (χ2v) is 5.00. The smallest absolute Gasteiger partial charge is 0.330 e. The Morgan fingerprint density at radius 3 is 2.71 bits per heavy atom. The van der Waals surface area contributed by atoms with Crippen LogP contribution in [0.25, 0.3) is 0 Å². The quantitative estimate of drug-likeness (QED) is 0.598. The molecule has 1 fully saturated rings. The Balaban J connectivity index is 1.91. The minimum absolute atomic E-state index is 0.192. The van der Waals surface area contributed by atoms with Crippen LogP contribution in [0.15, 0.2) is 9.59 Å². The van der Waals surface area contributed by atoms with E-state index in [1.165, 1.54) is 4.57 Å². The summed E-state index contributed by atoms with van der Waals surface area (Å²) in [5.74, 6) is 0.192. The first-order valence-electron chi connectivity index (χ1n) is 7.30. The summed E-state index contributed by atoms with van der Waals surface area (Å²) in [5, 5.41) is 3.04. The third-order valence-corrected chi connectivity index (χ3v) is 3.61. The molecule has 0 unspecified atom stereocenters. The molecule has 0 spiro atoms. The molecular weight excluding hydrogens is 274 g/mol. The number of ether oxygens (including phenoxy) is 1. The fourth-order valence-electron chi connectivity index (χ4n) is 2.41. The Bertz CT molecular complexity index is 574. The number of nitrogens with zero attached hydrogens (tertiary/aromatic N) is 2. The number of anilines is 2. The highest BCUT2D eigenvalue weighted by Crippen LogP contribution is 2.09. The second-order valence-electron chi connectivity index (χ2n) is 5.00. The van der Waals surface area contributed by atoms with Crippen LogP contribution in [0.2, 0.25) is 0 Å². The maximum Gasteiger partial charge on any atom is 0.330 e. The molecule has 1 saturated heterocycles. The van der Waals surface area contributed by atoms with Gasteiger partial charge in [-0.25, -0.2) is 4.79 Å². The van der Waals surface area contributed by atoms with Crippen molar-refractivity contribution >= 4 is 11.5 Å². The molecule has 0 amide bonds. The third-order valence-electron chi connectivity index (χ3n) is 3.61. The van der Waals surface area contributed by atoms with Crippen molar-refractivity contribution in [3.63, 3.8) is 0 Å². The van der Waals surface area contributed by atoms with E-state index in [9.17, 15) is 9.59 Å². The van der Waals surface area contributed by atoms with Gasteiger partial charge in [-0.3, -0.25) is 19.2 Å². The van der Waals surface area contributed by atoms with E-state index in [-0.39, 0.29) is 11.5 Å². The van der Waals surface area contributed by atoms with Crippen LogP contribution in [0.5, 0.6) is 0 Å². The Morgan fingerprint density at radius 2 is 2.05 bits per heavy atom. The molecule has 1 aliphatic heterocycles. The molecule has 0 radical (unpaired) electrons. The lowest BCUT2D eigenvalue weighted by molar-refractivity contribution is 0.0378. The fraction of sp³-hybridized carbons (Fsp3) is 0.692. The van der Waals surface area contributed by atoms with Crippen molar-refractivity contribution in [1.29, 1.82) is 0 Å². The van der Waals surface area contributed by atoms with Gasteiger partial charge in [0.2, 0.25) is 0 Å². The largest absolute Gasteiger partial charge is 0.383 e. The minimum atomic E-state index is -0.473. The summed E-state index contributed by atoms with van der Waals surface area (Å²) in [4.78, 5) is 27.9. The average Bonchev–Trinajstić information content (AvgIpc) is 2.47. The van der Waals surface area contributed by atoms with Gasteiger partial charge in [0.15, 0.2) is 0 Å². The maximum absolute atomic E-state index is 11.8. The number of nitrogens with one attached hydrogen (secondary N) is 2. The van der Waals surface area contributed by atoms with Gasteiger partial charge >= 0.3 is 5.69 Å². The molecule has 21 heavy (non-hydrogen) atoms. The summed E-state index contributed by atoms with van der Waals surface area (Å²) in [6, 6.07) is 0. The van der Waals surface area contributed by atoms with Gasteiger partial charge in [-0.05, 0) is 19.9 Å². The summed E-state index contributed by atoms with van der Waals surface area (Å²) >= 11 is 0. The van der Waals surface area contributed by atoms with Crippen molar-refractivity contribution in [3.8, 4) is 0 Å². The summed E-state index contributed by atoms with van der Waals surface area (Å²) in [5.41, 5.74) is 5.21. The molecule has 8 heteroatoms. The van der Waals surface area contributed by atoms with Crippen LogP contribution >= 0.6 is 0 Å². The van der Waals surface area contributed by atoms with E-state index in [1.807, 2.05) is 0 Å². The molecule has 0 saturated carbocycles. The summed E-state index contributed by atoms with van der Waals surface area (Å²) in [7, 11) is 0. The highest BCUT2D eigenvalue weighted by atomic mass is 16.5. The number of H-pyrrole nitrogens is 1. The van der Waals surface area contributed by atoms with Crippen LogP contribution in [0.1, 0.15) is 13.3 Å². The van der Waals surface area contributed by atoms with Crippen molar-refractivity contribution in [1.82, 2.24) is 14.5 Å². The SMILES string of the molecule is CCn1c(N)c(NCCCN2CCOCC2)c(=O)[nH]c1=O. The molecule has 0 bridgehead atoms. The first-order valence-corrected chi connectivity index (χ1v) is 7.30. The fourth-order valence-corrected chi connectivity index (χ4v) is 2.41. The molecule has 1 aliphatic rings. The molecule has 8 nitrogen and oxygen atoms in total. The molecule has 2 rings (SSSR count). The van der Waals surface area contributed by atoms with Crippen molar-refractivity contribution in [2.45, 2.75) is 19.9 Å². The van der Waals surface area contributed by atoms with Gasteiger partial charge in [-0.1, -0.05) is 0 Å². The van der Waals surface area contributed by atoms with E-state index < -0.39 is 11.2 Å². The lowest BCUT2D eigenvalue weighted by Crippen LogP contribution is -2.37. The topological polar surface area (TPSA) is 105 Å². The molecule has 4 N–H and O–H groups in total. The molecule has 1 aromatic heterocycles. The minimum Gasteiger partial charge on any atom is -0.383 e. The number of hydrogen-bond acceptors (Lipinski definition) is 6. The van der Waals surface area contributed by atoms with Crippen LogP contribution in [0, 0.1) is 0 Å². The summed E-state index contributed by atoms with van der Waals surface area (Å²) in [6.45, 7) is 7.26. The van der Waals surface area contributed by atoms with E-state index in [0.29, 0.717) is 13.1 Å². The second kappa shape index (κ2) is 7.28. The molecule has 2 heterocycles. The van der Waals surface area contributed by atoms with E-state index in [0.717, 1.165) is 39.3 Å². The summed E-state index contributed by atoms with van der Waals surface area (Å²) < 4.78 is 6.63. The lowest BCUT2D eigenvalue weighted by atomic mass is 10.3. The van der Waals surface area contributed by atoms with Gasteiger partial charge < -0.3 is 15.8 Å². The normalized spacial score (nSPS) is 16.0. The Labute approximate surface area is 122 Å². The molecule has 0 aliphatic carbocycles. The standard InChI is InChI=1S/C13H23N5O3/c1-2-18-11(14)10(12(19)16-13(18)20)15-4-3-5-17-6-8-21-9-7-17/h15H,2-9,14H2,1H3,(H,16,19,20).